The second kappa shape index (κ2) is 11.1. The minimum atomic E-state index is -0.784. The van der Waals surface area contributed by atoms with E-state index in [-0.39, 0.29) is 19.0 Å². The molecule has 0 saturated carbocycles. The Bertz CT molecular complexity index is 960. The van der Waals surface area contributed by atoms with Gasteiger partial charge in [-0.2, -0.15) is 5.10 Å². The zero-order chi connectivity index (χ0) is 22.1. The van der Waals surface area contributed by atoms with Crippen molar-refractivity contribution < 1.29 is 14.2 Å². The number of halogens is 1. The summed E-state index contributed by atoms with van der Waals surface area (Å²) in [6, 6.07) is 15.6. The molecule has 3 rings (SSSR count). The van der Waals surface area contributed by atoms with Crippen LogP contribution < -0.4 is 10.1 Å². The van der Waals surface area contributed by atoms with Crippen LogP contribution in [0.15, 0.2) is 72.0 Å². The Balaban J connectivity index is 1.55. The lowest BCUT2D eigenvalue weighted by Gasteiger charge is -2.22. The van der Waals surface area contributed by atoms with E-state index in [9.17, 15) is 9.50 Å². The molecule has 0 amide bonds. The van der Waals surface area contributed by atoms with E-state index in [2.05, 4.69) is 15.4 Å². The van der Waals surface area contributed by atoms with Crippen molar-refractivity contribution in [3.05, 3.63) is 78.4 Å². The van der Waals surface area contributed by atoms with E-state index in [0.717, 1.165) is 11.3 Å². The van der Waals surface area contributed by atoms with Gasteiger partial charge in [0.1, 0.15) is 24.3 Å². The van der Waals surface area contributed by atoms with Crippen molar-refractivity contribution in [3.63, 3.8) is 0 Å². The zero-order valence-corrected chi connectivity index (χ0v) is 17.8. The summed E-state index contributed by atoms with van der Waals surface area (Å²) < 4.78 is 20.3. The molecule has 0 spiro atoms. The van der Waals surface area contributed by atoms with Crippen LogP contribution in [-0.4, -0.2) is 58.6 Å². The summed E-state index contributed by atoms with van der Waals surface area (Å²) in [5.74, 6) is 0.852. The van der Waals surface area contributed by atoms with Gasteiger partial charge in [0.15, 0.2) is 5.96 Å². The van der Waals surface area contributed by atoms with E-state index in [1.54, 1.807) is 0 Å². The van der Waals surface area contributed by atoms with Crippen LogP contribution in [0.2, 0.25) is 0 Å². The molecule has 0 saturated heterocycles. The molecule has 1 heterocycles. The van der Waals surface area contributed by atoms with Crippen LogP contribution in [0.1, 0.15) is 12.5 Å². The lowest BCUT2D eigenvalue weighted by Crippen LogP contribution is -2.39. The molecule has 7 nitrogen and oxygen atoms in total. The monoisotopic (exact) mass is 425 g/mol. The van der Waals surface area contributed by atoms with Gasteiger partial charge in [-0.25, -0.2) is 9.07 Å². The van der Waals surface area contributed by atoms with E-state index in [4.69, 9.17) is 4.74 Å². The summed E-state index contributed by atoms with van der Waals surface area (Å²) in [5, 5.41) is 17.9. The minimum Gasteiger partial charge on any atom is -0.491 e. The van der Waals surface area contributed by atoms with Crippen LogP contribution in [0.5, 0.6) is 5.75 Å². The molecule has 0 aliphatic rings. The number of nitrogens with one attached hydrogen (secondary N) is 1. The largest absolute Gasteiger partial charge is 0.491 e. The number of aliphatic hydroxyl groups excluding tert-OH is 1. The number of hydrogen-bond acceptors (Lipinski definition) is 4. The summed E-state index contributed by atoms with van der Waals surface area (Å²) in [6.07, 6.45) is 3.03. The van der Waals surface area contributed by atoms with E-state index in [0.29, 0.717) is 24.8 Å². The molecule has 0 radical (unpaired) electrons. The number of benzene rings is 2. The van der Waals surface area contributed by atoms with Crippen LogP contribution in [0.25, 0.3) is 5.69 Å². The summed E-state index contributed by atoms with van der Waals surface area (Å²) in [4.78, 5) is 6.49. The Hall–Kier alpha value is -3.39. The molecule has 3 aromatic rings. The van der Waals surface area contributed by atoms with Gasteiger partial charge in [0.2, 0.25) is 0 Å². The summed E-state index contributed by atoms with van der Waals surface area (Å²) in [5.41, 5.74) is 2.04. The van der Waals surface area contributed by atoms with Gasteiger partial charge >= 0.3 is 0 Å². The molecule has 2 aromatic carbocycles. The first kappa shape index (κ1) is 22.3. The third kappa shape index (κ3) is 6.82. The summed E-state index contributed by atoms with van der Waals surface area (Å²) in [6.45, 7) is 3.56. The molecule has 0 bridgehead atoms. The van der Waals surface area contributed by atoms with Crippen molar-refractivity contribution in [2.24, 2.45) is 4.99 Å². The molecule has 8 heteroatoms. The second-order valence-corrected chi connectivity index (χ2v) is 7.10. The lowest BCUT2D eigenvalue weighted by atomic mass is 10.3. The maximum Gasteiger partial charge on any atom is 0.194 e. The molecule has 2 N–H and O–H groups in total. The molecular weight excluding hydrogens is 397 g/mol. The second-order valence-electron chi connectivity index (χ2n) is 7.10. The quantitative estimate of drug-likeness (QED) is 0.407. The Kier molecular flexibility index (Phi) is 8.00. The maximum absolute atomic E-state index is 12.9. The van der Waals surface area contributed by atoms with E-state index in [1.165, 1.54) is 24.3 Å². The van der Waals surface area contributed by atoms with Crippen molar-refractivity contribution in [1.29, 1.82) is 0 Å². The number of nitrogens with zero attached hydrogens (tertiary/aromatic N) is 4. The van der Waals surface area contributed by atoms with Gasteiger partial charge < -0.3 is 20.1 Å². The highest BCUT2D eigenvalue weighted by atomic mass is 19.1. The average Bonchev–Trinajstić information content (AvgIpc) is 3.25. The van der Waals surface area contributed by atoms with Crippen LogP contribution in [0, 0.1) is 5.82 Å². The van der Waals surface area contributed by atoms with E-state index in [1.807, 2.05) is 66.3 Å². The average molecular weight is 426 g/mol. The number of aliphatic hydroxyl groups is 1. The smallest absolute Gasteiger partial charge is 0.194 e. The SMILES string of the molecule is CCNC(=NCC(O)COc1ccc(F)cc1)N(C)Cc1cnn(-c2ccccc2)c1. The number of aromatic nitrogens is 2. The highest BCUT2D eigenvalue weighted by Gasteiger charge is 2.11. The Morgan fingerprint density at radius 2 is 1.97 bits per heavy atom. The minimum absolute atomic E-state index is 0.0715. The van der Waals surface area contributed by atoms with Crippen molar-refractivity contribution in [1.82, 2.24) is 20.0 Å². The van der Waals surface area contributed by atoms with Gasteiger partial charge in [0.05, 0.1) is 18.4 Å². The van der Waals surface area contributed by atoms with Gasteiger partial charge in [0.25, 0.3) is 0 Å². The van der Waals surface area contributed by atoms with Crippen LogP contribution in [0.3, 0.4) is 0 Å². The third-order valence-corrected chi connectivity index (χ3v) is 4.48. The van der Waals surface area contributed by atoms with Gasteiger partial charge in [0, 0.05) is 31.9 Å². The molecule has 1 unspecified atom stereocenters. The maximum atomic E-state index is 12.9. The standard InChI is InChI=1S/C23H28FN5O2/c1-3-25-23(26-14-21(30)17-31-22-11-9-19(24)10-12-22)28(2)15-18-13-27-29(16-18)20-7-5-4-6-8-20/h4-13,16,21,30H,3,14-15,17H2,1-2H3,(H,25,26). The molecule has 1 atom stereocenters. The fraction of sp³-hybridized carbons (Fsp3) is 0.304. The van der Waals surface area contributed by atoms with Gasteiger partial charge in [-0.3, -0.25) is 4.99 Å². The van der Waals surface area contributed by atoms with E-state index >= 15 is 0 Å². The molecule has 0 aliphatic carbocycles. The molecule has 0 aliphatic heterocycles. The first-order valence-electron chi connectivity index (χ1n) is 10.2. The van der Waals surface area contributed by atoms with Crippen molar-refractivity contribution >= 4 is 5.96 Å². The highest BCUT2D eigenvalue weighted by molar-refractivity contribution is 5.79. The summed E-state index contributed by atoms with van der Waals surface area (Å²) >= 11 is 0. The summed E-state index contributed by atoms with van der Waals surface area (Å²) in [7, 11) is 1.93. The fourth-order valence-electron chi connectivity index (χ4n) is 2.95. The number of guanidine groups is 1. The van der Waals surface area contributed by atoms with Crippen LogP contribution in [0.4, 0.5) is 4.39 Å². The molecular formula is C23H28FN5O2. The number of hydrogen-bond donors (Lipinski definition) is 2. The Labute approximate surface area is 181 Å². The fourth-order valence-corrected chi connectivity index (χ4v) is 2.95. The zero-order valence-electron chi connectivity index (χ0n) is 17.8. The lowest BCUT2D eigenvalue weighted by molar-refractivity contribution is 0.114. The van der Waals surface area contributed by atoms with Gasteiger partial charge in [-0.05, 0) is 43.3 Å². The predicted octanol–water partition coefficient (Wildman–Crippen LogP) is 2.85. The molecule has 31 heavy (non-hydrogen) atoms. The Morgan fingerprint density at radius 3 is 2.68 bits per heavy atom. The first-order valence-corrected chi connectivity index (χ1v) is 10.2. The van der Waals surface area contributed by atoms with Crippen molar-refractivity contribution in [2.75, 3.05) is 26.7 Å². The predicted molar refractivity (Wildman–Crippen MR) is 119 cm³/mol. The van der Waals surface area contributed by atoms with Crippen LogP contribution in [-0.2, 0) is 6.54 Å². The normalized spacial score (nSPS) is 12.5. The highest BCUT2D eigenvalue weighted by Crippen LogP contribution is 2.12. The van der Waals surface area contributed by atoms with E-state index < -0.39 is 6.10 Å². The molecule has 164 valence electrons. The third-order valence-electron chi connectivity index (χ3n) is 4.48. The van der Waals surface area contributed by atoms with Crippen molar-refractivity contribution in [2.45, 2.75) is 19.6 Å². The van der Waals surface area contributed by atoms with Crippen molar-refractivity contribution in [3.8, 4) is 11.4 Å². The number of aliphatic imine (C=N–C) groups is 1. The van der Waals surface area contributed by atoms with Crippen LogP contribution >= 0.6 is 0 Å². The van der Waals surface area contributed by atoms with Gasteiger partial charge in [-0.15, -0.1) is 0 Å². The molecule has 1 aromatic heterocycles. The number of rotatable bonds is 9. The first-order chi connectivity index (χ1) is 15.0. The van der Waals surface area contributed by atoms with Gasteiger partial charge in [-0.1, -0.05) is 18.2 Å². The number of ether oxygens (including phenoxy) is 1. The Morgan fingerprint density at radius 1 is 1.23 bits per heavy atom. The number of para-hydroxylation sites is 1. The topological polar surface area (TPSA) is 74.9 Å². The molecule has 0 fully saturated rings.